The summed E-state index contributed by atoms with van der Waals surface area (Å²) in [5, 5.41) is 94.2. The molecular weight excluding hydrogens is 648 g/mol. The molecule has 262 valence electrons. The van der Waals surface area contributed by atoms with E-state index in [2.05, 4.69) is 0 Å². The molecule has 48 heavy (non-hydrogen) atoms. The van der Waals surface area contributed by atoms with Gasteiger partial charge in [-0.05, 0) is 18.2 Å². The normalized spacial score (nSPS) is 30.6. The summed E-state index contributed by atoms with van der Waals surface area (Å²) in [4.78, 5) is 24.3. The third-order valence-corrected chi connectivity index (χ3v) is 7.86. The predicted octanol–water partition coefficient (Wildman–Crippen LogP) is -1.84. The molecule has 2 saturated heterocycles. The van der Waals surface area contributed by atoms with E-state index in [-0.39, 0.29) is 22.8 Å². The fourth-order valence-corrected chi connectivity index (χ4v) is 5.30. The number of hydrogen-bond acceptors (Lipinski definition) is 18. The number of carbonyl (C=O) groups is 1. The Labute approximate surface area is 270 Å². The second-order valence-corrected chi connectivity index (χ2v) is 11.1. The van der Waals surface area contributed by atoms with Gasteiger partial charge in [0.1, 0.15) is 66.2 Å². The Kier molecular flexibility index (Phi) is 10.3. The number of aromatic hydroxyl groups is 3. The number of fused-ring (bicyclic) bond motifs is 1. The van der Waals surface area contributed by atoms with Gasteiger partial charge in [-0.2, -0.15) is 0 Å². The molecule has 0 spiro atoms. The molecule has 18 nitrogen and oxygen atoms in total. The van der Waals surface area contributed by atoms with Crippen LogP contribution in [0.1, 0.15) is 6.92 Å². The van der Waals surface area contributed by atoms with Crippen LogP contribution in [0.3, 0.4) is 0 Å². The highest BCUT2D eigenvalue weighted by Crippen LogP contribution is 2.42. The van der Waals surface area contributed by atoms with Gasteiger partial charge in [-0.1, -0.05) is 0 Å². The van der Waals surface area contributed by atoms with Gasteiger partial charge in [-0.3, -0.25) is 9.59 Å². The second kappa shape index (κ2) is 14.1. The molecule has 2 aliphatic heterocycles. The number of esters is 1. The number of benzene rings is 2. The first-order chi connectivity index (χ1) is 22.7. The van der Waals surface area contributed by atoms with Crippen LogP contribution in [-0.4, -0.2) is 134 Å². The van der Waals surface area contributed by atoms with Crippen molar-refractivity contribution in [1.29, 1.82) is 0 Å². The third kappa shape index (κ3) is 6.70. The fourth-order valence-electron chi connectivity index (χ4n) is 5.30. The van der Waals surface area contributed by atoms with Crippen LogP contribution in [0.4, 0.5) is 0 Å². The first kappa shape index (κ1) is 35.1. The summed E-state index contributed by atoms with van der Waals surface area (Å²) >= 11 is 0. The molecule has 3 heterocycles. The summed E-state index contributed by atoms with van der Waals surface area (Å²) in [6, 6.07) is 5.91. The minimum Gasteiger partial charge on any atom is -0.507 e. The van der Waals surface area contributed by atoms with E-state index >= 15 is 0 Å². The molecule has 18 heteroatoms. The molecule has 2 aliphatic rings. The number of rotatable bonds is 9. The van der Waals surface area contributed by atoms with Crippen LogP contribution in [0.5, 0.6) is 28.7 Å². The van der Waals surface area contributed by atoms with Gasteiger partial charge in [0.05, 0.1) is 13.7 Å². The molecule has 0 saturated carbocycles. The molecule has 1 aromatic heterocycles. The van der Waals surface area contributed by atoms with Crippen LogP contribution in [0, 0.1) is 0 Å². The molecule has 0 radical (unpaired) electrons. The molecule has 3 aromatic rings. The van der Waals surface area contributed by atoms with Gasteiger partial charge in [0.15, 0.2) is 40.7 Å². The lowest BCUT2D eigenvalue weighted by atomic mass is 9.97. The van der Waals surface area contributed by atoms with Crippen LogP contribution >= 0.6 is 0 Å². The van der Waals surface area contributed by atoms with E-state index in [1.165, 1.54) is 25.3 Å². The van der Waals surface area contributed by atoms with E-state index in [4.69, 9.17) is 32.8 Å². The Morgan fingerprint density at radius 1 is 0.833 bits per heavy atom. The first-order valence-electron chi connectivity index (χ1n) is 14.4. The zero-order chi connectivity index (χ0) is 35.0. The molecule has 0 bridgehead atoms. The van der Waals surface area contributed by atoms with Crippen molar-refractivity contribution in [2.75, 3.05) is 20.3 Å². The lowest BCUT2D eigenvalue weighted by Crippen LogP contribution is -2.65. The summed E-state index contributed by atoms with van der Waals surface area (Å²) in [6.45, 7) is -0.321. The molecule has 0 aliphatic carbocycles. The van der Waals surface area contributed by atoms with Crippen molar-refractivity contribution >= 4 is 16.9 Å². The minimum absolute atomic E-state index is 0.132. The number of methoxy groups -OCH3 is 1. The number of carbonyl (C=O) groups excluding carboxylic acids is 1. The van der Waals surface area contributed by atoms with Gasteiger partial charge < -0.3 is 78.8 Å². The average Bonchev–Trinajstić information content (AvgIpc) is 3.05. The van der Waals surface area contributed by atoms with Crippen molar-refractivity contribution < 1.29 is 83.6 Å². The molecule has 0 amide bonds. The number of aliphatic hydroxyl groups is 6. The highest BCUT2D eigenvalue weighted by molar-refractivity contribution is 5.91. The number of ether oxygens (including phenoxy) is 6. The van der Waals surface area contributed by atoms with Crippen molar-refractivity contribution in [2.45, 2.75) is 68.3 Å². The maximum Gasteiger partial charge on any atom is 0.302 e. The van der Waals surface area contributed by atoms with Gasteiger partial charge in [-0.15, -0.1) is 0 Å². The number of phenolic OH excluding ortho intramolecular Hbond substituents is 3. The number of hydrogen-bond donors (Lipinski definition) is 9. The van der Waals surface area contributed by atoms with Crippen molar-refractivity contribution in [1.82, 2.24) is 0 Å². The summed E-state index contributed by atoms with van der Waals surface area (Å²) < 4.78 is 38.0. The first-order valence-corrected chi connectivity index (χ1v) is 14.4. The van der Waals surface area contributed by atoms with Gasteiger partial charge in [0.25, 0.3) is 0 Å². The summed E-state index contributed by atoms with van der Waals surface area (Å²) in [5.41, 5.74) is -1.16. The molecule has 9 N–H and O–H groups in total. The molecule has 2 aromatic carbocycles. The quantitative estimate of drug-likeness (QED) is 0.0885. The lowest BCUT2D eigenvalue weighted by Gasteiger charge is -2.45. The van der Waals surface area contributed by atoms with Crippen LogP contribution in [0.2, 0.25) is 0 Å². The zero-order valence-electron chi connectivity index (χ0n) is 25.3. The fraction of sp³-hybridized carbons (Fsp3) is 0.467. The van der Waals surface area contributed by atoms with Crippen LogP contribution in [-0.2, 0) is 23.7 Å². The van der Waals surface area contributed by atoms with Gasteiger partial charge in [-0.25, -0.2) is 0 Å². The van der Waals surface area contributed by atoms with Crippen molar-refractivity contribution in [3.8, 4) is 40.1 Å². The molecule has 10 atom stereocenters. The molecule has 0 unspecified atom stereocenters. The summed E-state index contributed by atoms with van der Waals surface area (Å²) in [5.74, 6) is -3.21. The minimum atomic E-state index is -1.96. The van der Waals surface area contributed by atoms with Crippen molar-refractivity contribution in [2.24, 2.45) is 0 Å². The van der Waals surface area contributed by atoms with Gasteiger partial charge >= 0.3 is 5.97 Å². The number of phenols is 3. The Hall–Kier alpha value is -4.24. The van der Waals surface area contributed by atoms with Gasteiger partial charge in [0.2, 0.25) is 12.0 Å². The smallest absolute Gasteiger partial charge is 0.302 e. The summed E-state index contributed by atoms with van der Waals surface area (Å²) in [7, 11) is 1.34. The topological polar surface area (TPSA) is 285 Å². The van der Waals surface area contributed by atoms with E-state index in [1.54, 1.807) is 0 Å². The average molecular weight is 683 g/mol. The standard InChI is InChI=1S/C30H34O18/c1-10(32)43-9-19-22(37)24(39)26(41)29(47-19)48-28-25(40)21(36)18(8-31)46-30(28)45-17-7-14(35)20-13(34)6-16(44-27(20)23(17)38)11-3-4-15(42-2)12(33)5-11/h3-7,18-19,21-22,24-26,28-31,33,35-41H,8-9H2,1-2H3/t18-,19+,21+,22-,24-,25-,26+,28-,29+,30+/m1/s1. The van der Waals surface area contributed by atoms with E-state index < -0.39 is 114 Å². The molecule has 5 rings (SSSR count). The van der Waals surface area contributed by atoms with Crippen LogP contribution in [0.25, 0.3) is 22.3 Å². The Morgan fingerprint density at radius 3 is 2.17 bits per heavy atom. The number of aliphatic hydroxyl groups excluding tert-OH is 6. The van der Waals surface area contributed by atoms with Crippen molar-refractivity contribution in [3.63, 3.8) is 0 Å². The predicted molar refractivity (Wildman–Crippen MR) is 156 cm³/mol. The van der Waals surface area contributed by atoms with Crippen LogP contribution in [0.15, 0.2) is 39.5 Å². The lowest BCUT2D eigenvalue weighted by molar-refractivity contribution is -0.358. The van der Waals surface area contributed by atoms with E-state index in [1.807, 2.05) is 0 Å². The van der Waals surface area contributed by atoms with E-state index in [0.717, 1.165) is 19.1 Å². The molecule has 2 fully saturated rings. The van der Waals surface area contributed by atoms with E-state index in [9.17, 15) is 55.5 Å². The SMILES string of the molecule is COc1ccc(-c2cc(=O)c3c(O)cc(O[C@H]4O[C@H](CO)[C@H](O)[C@@H](O)[C@H]4O[C@@H]4O[C@@H](COC(C)=O)[C@@H](O)[C@@H](O)[C@@H]4O)c(O)c3o2)cc1O. The highest BCUT2D eigenvalue weighted by Gasteiger charge is 2.51. The Balaban J connectivity index is 1.49. The van der Waals surface area contributed by atoms with Crippen molar-refractivity contribution in [3.05, 3.63) is 40.6 Å². The van der Waals surface area contributed by atoms with E-state index in [0.29, 0.717) is 0 Å². The monoisotopic (exact) mass is 682 g/mol. The third-order valence-electron chi connectivity index (χ3n) is 7.86. The Morgan fingerprint density at radius 2 is 1.52 bits per heavy atom. The maximum absolute atomic E-state index is 13.0. The zero-order valence-corrected chi connectivity index (χ0v) is 25.3. The second-order valence-electron chi connectivity index (χ2n) is 11.1. The highest BCUT2D eigenvalue weighted by atomic mass is 16.8. The maximum atomic E-state index is 13.0. The molecular formula is C30H34O18. The largest absolute Gasteiger partial charge is 0.507 e. The summed E-state index contributed by atoms with van der Waals surface area (Å²) in [6.07, 6.45) is -17.8. The Bertz CT molecular complexity index is 1690. The van der Waals surface area contributed by atoms with Gasteiger partial charge in [0, 0.05) is 24.6 Å². The van der Waals surface area contributed by atoms with Crippen LogP contribution < -0.4 is 14.9 Å².